The van der Waals surface area contributed by atoms with Crippen LogP contribution in [0.3, 0.4) is 0 Å². The topological polar surface area (TPSA) is 71.5 Å². The largest absolute Gasteiger partial charge is 0.461 e. The third kappa shape index (κ3) is 3.91. The number of carbonyl (C=O) groups excluding carboxylic acids is 2. The SMILES string of the molecule is CCOC(=O)c1csc(CN(C(=O)NC23CC4CC(CC(C4)C2)C3)C(C)C)n1. The molecule has 5 rings (SSSR count). The lowest BCUT2D eigenvalue weighted by atomic mass is 9.53. The molecule has 0 atom stereocenters. The van der Waals surface area contributed by atoms with E-state index in [0.717, 1.165) is 42.0 Å². The van der Waals surface area contributed by atoms with Gasteiger partial charge in [0.15, 0.2) is 5.69 Å². The Morgan fingerprint density at radius 2 is 1.86 bits per heavy atom. The number of thiazole rings is 1. The summed E-state index contributed by atoms with van der Waals surface area (Å²) in [6.07, 6.45) is 7.50. The molecule has 154 valence electrons. The number of amides is 2. The van der Waals surface area contributed by atoms with Gasteiger partial charge in [0, 0.05) is 17.0 Å². The molecule has 1 heterocycles. The predicted molar refractivity (Wildman–Crippen MR) is 108 cm³/mol. The Bertz CT molecular complexity index is 710. The van der Waals surface area contributed by atoms with Crippen molar-refractivity contribution in [1.82, 2.24) is 15.2 Å². The minimum atomic E-state index is -0.404. The van der Waals surface area contributed by atoms with Crippen molar-refractivity contribution in [2.24, 2.45) is 17.8 Å². The maximum absolute atomic E-state index is 13.2. The zero-order chi connectivity index (χ0) is 19.9. The molecule has 0 unspecified atom stereocenters. The molecular weight excluding hydrogens is 374 g/mol. The molecule has 0 spiro atoms. The van der Waals surface area contributed by atoms with Crippen molar-refractivity contribution < 1.29 is 14.3 Å². The molecule has 4 fully saturated rings. The number of aromatic nitrogens is 1. The van der Waals surface area contributed by atoms with Gasteiger partial charge in [0.2, 0.25) is 0 Å². The molecule has 0 radical (unpaired) electrons. The standard InChI is InChI=1S/C21H31N3O3S/c1-4-27-19(25)17-12-28-18(22-17)11-24(13(2)3)20(26)23-21-8-14-5-15(9-21)7-16(6-14)10-21/h12-16H,4-11H2,1-3H3,(H,23,26). The van der Waals surface area contributed by atoms with Crippen LogP contribution in [0, 0.1) is 17.8 Å². The third-order valence-corrected chi connectivity index (χ3v) is 7.47. The van der Waals surface area contributed by atoms with Crippen LogP contribution in [0.1, 0.15) is 74.8 Å². The average molecular weight is 406 g/mol. The number of nitrogens with zero attached hydrogens (tertiary/aromatic N) is 2. The summed E-state index contributed by atoms with van der Waals surface area (Å²) in [5, 5.41) is 5.92. The molecule has 28 heavy (non-hydrogen) atoms. The fourth-order valence-electron chi connectivity index (χ4n) is 5.88. The van der Waals surface area contributed by atoms with E-state index in [9.17, 15) is 9.59 Å². The molecule has 1 N–H and O–H groups in total. The summed E-state index contributed by atoms with van der Waals surface area (Å²) in [7, 11) is 0. The smallest absolute Gasteiger partial charge is 0.357 e. The predicted octanol–water partition coefficient (Wildman–Crippen LogP) is 4.21. The van der Waals surface area contributed by atoms with Gasteiger partial charge in [-0.25, -0.2) is 14.6 Å². The lowest BCUT2D eigenvalue weighted by molar-refractivity contribution is -0.0163. The van der Waals surface area contributed by atoms with E-state index in [0.29, 0.717) is 18.8 Å². The first-order valence-electron chi connectivity index (χ1n) is 10.6. The van der Waals surface area contributed by atoms with Gasteiger partial charge in [-0.15, -0.1) is 11.3 Å². The van der Waals surface area contributed by atoms with Crippen molar-refractivity contribution in [1.29, 1.82) is 0 Å². The number of urea groups is 1. The summed E-state index contributed by atoms with van der Waals surface area (Å²) in [4.78, 5) is 31.3. The van der Waals surface area contributed by atoms with E-state index in [-0.39, 0.29) is 17.6 Å². The molecule has 4 saturated carbocycles. The minimum Gasteiger partial charge on any atom is -0.461 e. The van der Waals surface area contributed by atoms with Crippen molar-refractivity contribution in [2.75, 3.05) is 6.61 Å². The van der Waals surface area contributed by atoms with Crippen LogP contribution in [0.15, 0.2) is 5.38 Å². The van der Waals surface area contributed by atoms with Crippen molar-refractivity contribution in [2.45, 2.75) is 77.4 Å². The van der Waals surface area contributed by atoms with Gasteiger partial charge in [-0.3, -0.25) is 0 Å². The monoisotopic (exact) mass is 405 g/mol. The van der Waals surface area contributed by atoms with Crippen LogP contribution in [-0.2, 0) is 11.3 Å². The summed E-state index contributed by atoms with van der Waals surface area (Å²) in [6, 6.07) is 0.0636. The Hall–Kier alpha value is -1.63. The zero-order valence-corrected chi connectivity index (χ0v) is 17.9. The molecule has 0 saturated heterocycles. The third-order valence-electron chi connectivity index (χ3n) is 6.64. The lowest BCUT2D eigenvalue weighted by Gasteiger charge is -2.57. The molecule has 6 nitrogen and oxygen atoms in total. The number of hydrogen-bond acceptors (Lipinski definition) is 5. The zero-order valence-electron chi connectivity index (χ0n) is 17.1. The Labute approximate surface area is 171 Å². The van der Waals surface area contributed by atoms with Gasteiger partial charge < -0.3 is 15.0 Å². The van der Waals surface area contributed by atoms with Gasteiger partial charge in [0.05, 0.1) is 13.2 Å². The second-order valence-electron chi connectivity index (χ2n) is 9.20. The van der Waals surface area contributed by atoms with E-state index in [1.807, 2.05) is 18.7 Å². The van der Waals surface area contributed by atoms with Crippen LogP contribution in [0.25, 0.3) is 0 Å². The summed E-state index contributed by atoms with van der Waals surface area (Å²) < 4.78 is 5.01. The van der Waals surface area contributed by atoms with E-state index in [4.69, 9.17) is 4.74 Å². The fraction of sp³-hybridized carbons (Fsp3) is 0.762. The maximum Gasteiger partial charge on any atom is 0.357 e. The van der Waals surface area contributed by atoms with Crippen molar-refractivity contribution in [3.05, 3.63) is 16.1 Å². The summed E-state index contributed by atoms with van der Waals surface area (Å²) in [6.45, 7) is 6.58. The van der Waals surface area contributed by atoms with Gasteiger partial charge in [-0.2, -0.15) is 0 Å². The molecule has 0 aromatic carbocycles. The van der Waals surface area contributed by atoms with E-state index >= 15 is 0 Å². The van der Waals surface area contributed by atoms with Gasteiger partial charge in [-0.1, -0.05) is 0 Å². The highest BCUT2D eigenvalue weighted by Gasteiger charge is 2.51. The second-order valence-corrected chi connectivity index (χ2v) is 10.1. The molecule has 7 heteroatoms. The van der Waals surface area contributed by atoms with E-state index in [1.54, 1.807) is 12.3 Å². The normalized spacial score (nSPS) is 30.5. The fourth-order valence-corrected chi connectivity index (χ4v) is 6.64. The molecule has 4 bridgehead atoms. The second kappa shape index (κ2) is 7.65. The Balaban J connectivity index is 1.43. The quantitative estimate of drug-likeness (QED) is 0.720. The first-order chi connectivity index (χ1) is 13.4. The van der Waals surface area contributed by atoms with Crippen LogP contribution < -0.4 is 5.32 Å². The maximum atomic E-state index is 13.2. The van der Waals surface area contributed by atoms with Gasteiger partial charge in [0.25, 0.3) is 0 Å². The molecular formula is C21H31N3O3S. The molecule has 1 aromatic heterocycles. The van der Waals surface area contributed by atoms with Crippen LogP contribution in [0.2, 0.25) is 0 Å². The van der Waals surface area contributed by atoms with Gasteiger partial charge in [0.1, 0.15) is 5.01 Å². The molecule has 2 amide bonds. The Morgan fingerprint density at radius 1 is 1.25 bits per heavy atom. The van der Waals surface area contributed by atoms with E-state index in [2.05, 4.69) is 10.3 Å². The van der Waals surface area contributed by atoms with Crippen LogP contribution in [0.4, 0.5) is 4.79 Å². The molecule has 4 aliphatic carbocycles. The molecule has 4 aliphatic rings. The lowest BCUT2D eigenvalue weighted by Crippen LogP contribution is -2.62. The molecule has 1 aromatic rings. The Kier molecular flexibility index (Phi) is 5.38. The van der Waals surface area contributed by atoms with Crippen LogP contribution >= 0.6 is 11.3 Å². The van der Waals surface area contributed by atoms with E-state index < -0.39 is 5.97 Å². The van der Waals surface area contributed by atoms with Crippen molar-refractivity contribution >= 4 is 23.3 Å². The minimum absolute atomic E-state index is 0.00204. The number of ether oxygens (including phenoxy) is 1. The Morgan fingerprint density at radius 3 is 2.39 bits per heavy atom. The summed E-state index contributed by atoms with van der Waals surface area (Å²) >= 11 is 1.40. The van der Waals surface area contributed by atoms with Crippen molar-refractivity contribution in [3.8, 4) is 0 Å². The highest BCUT2D eigenvalue weighted by molar-refractivity contribution is 7.09. The van der Waals surface area contributed by atoms with E-state index in [1.165, 1.54) is 30.6 Å². The first-order valence-corrected chi connectivity index (χ1v) is 11.5. The number of rotatable bonds is 6. The summed E-state index contributed by atoms with van der Waals surface area (Å²) in [5.74, 6) is 1.99. The van der Waals surface area contributed by atoms with Gasteiger partial charge >= 0.3 is 12.0 Å². The van der Waals surface area contributed by atoms with Crippen LogP contribution in [-0.4, -0.2) is 40.1 Å². The highest BCUT2D eigenvalue weighted by atomic mass is 32.1. The highest BCUT2D eigenvalue weighted by Crippen LogP contribution is 2.55. The average Bonchev–Trinajstić information content (AvgIpc) is 3.06. The van der Waals surface area contributed by atoms with Crippen molar-refractivity contribution in [3.63, 3.8) is 0 Å². The van der Waals surface area contributed by atoms with Crippen LogP contribution in [0.5, 0.6) is 0 Å². The number of esters is 1. The number of nitrogens with one attached hydrogen (secondary N) is 1. The first kappa shape index (κ1) is 19.7. The number of carbonyl (C=O) groups is 2. The molecule has 0 aliphatic heterocycles. The number of hydrogen-bond donors (Lipinski definition) is 1. The summed E-state index contributed by atoms with van der Waals surface area (Å²) in [5.41, 5.74) is 0.324. The van der Waals surface area contributed by atoms with Gasteiger partial charge in [-0.05, 0) is 77.0 Å².